The lowest BCUT2D eigenvalue weighted by Crippen LogP contribution is -2.45. The highest BCUT2D eigenvalue weighted by atomic mass is 16.2. The molecule has 3 nitrogen and oxygen atoms in total. The van der Waals surface area contributed by atoms with E-state index in [-0.39, 0.29) is 6.03 Å². The summed E-state index contributed by atoms with van der Waals surface area (Å²) in [5.41, 5.74) is 0. The van der Waals surface area contributed by atoms with Gasteiger partial charge in [-0.3, -0.25) is 0 Å². The van der Waals surface area contributed by atoms with Gasteiger partial charge in [-0.2, -0.15) is 0 Å². The first-order valence-electron chi connectivity index (χ1n) is 5.81. The number of hydrogen-bond donors (Lipinski definition) is 0. The van der Waals surface area contributed by atoms with Crippen LogP contribution in [-0.4, -0.2) is 42.0 Å². The minimum atomic E-state index is 0.286. The quantitative estimate of drug-likeness (QED) is 0.580. The summed E-state index contributed by atoms with van der Waals surface area (Å²) in [5.74, 6) is 0.803. The summed E-state index contributed by atoms with van der Waals surface area (Å²) in [4.78, 5) is 16.0. The fourth-order valence-electron chi connectivity index (χ4n) is 2.31. The first-order chi connectivity index (χ1) is 6.77. The molecule has 2 saturated heterocycles. The molecule has 2 amide bonds. The third kappa shape index (κ3) is 2.02. The topological polar surface area (TPSA) is 23.6 Å². The molecule has 2 rings (SSSR count). The summed E-state index contributed by atoms with van der Waals surface area (Å²) in [6.45, 7) is 6.17. The van der Waals surface area contributed by atoms with Crippen LogP contribution in [0.5, 0.6) is 0 Å². The molecule has 0 saturated carbocycles. The molecule has 0 atom stereocenters. The van der Waals surface area contributed by atoms with Gasteiger partial charge in [0.15, 0.2) is 0 Å². The Labute approximate surface area is 86.1 Å². The first-order valence-corrected chi connectivity index (χ1v) is 5.81. The molecular formula is C11H20N2O. The fourth-order valence-corrected chi connectivity index (χ4v) is 2.31. The number of piperidine rings is 1. The van der Waals surface area contributed by atoms with Crippen LogP contribution in [0.3, 0.4) is 0 Å². The average Bonchev–Trinajstić information content (AvgIpc) is 2.71. The molecule has 0 N–H and O–H groups in total. The molecule has 2 aliphatic rings. The van der Waals surface area contributed by atoms with E-state index in [1.807, 2.05) is 9.80 Å². The molecule has 2 fully saturated rings. The highest BCUT2D eigenvalue weighted by Gasteiger charge is 2.26. The van der Waals surface area contributed by atoms with Crippen molar-refractivity contribution in [2.24, 2.45) is 5.92 Å². The van der Waals surface area contributed by atoms with Crippen molar-refractivity contribution in [3.05, 3.63) is 0 Å². The predicted molar refractivity (Wildman–Crippen MR) is 56.2 cm³/mol. The number of carbonyl (C=O) groups is 1. The third-order valence-electron chi connectivity index (χ3n) is 3.43. The zero-order valence-electron chi connectivity index (χ0n) is 9.04. The number of nitrogens with zero attached hydrogens (tertiary/aromatic N) is 2. The normalized spacial score (nSPS) is 24.4. The predicted octanol–water partition coefficient (Wildman–Crippen LogP) is 1.93. The molecular weight excluding hydrogens is 176 g/mol. The van der Waals surface area contributed by atoms with Gasteiger partial charge in [0, 0.05) is 26.2 Å². The van der Waals surface area contributed by atoms with Crippen molar-refractivity contribution < 1.29 is 4.79 Å². The van der Waals surface area contributed by atoms with Gasteiger partial charge in [-0.1, -0.05) is 6.92 Å². The van der Waals surface area contributed by atoms with Crippen molar-refractivity contribution in [1.29, 1.82) is 0 Å². The molecule has 0 bridgehead atoms. The second-order valence-electron chi connectivity index (χ2n) is 4.65. The Morgan fingerprint density at radius 3 is 2.07 bits per heavy atom. The maximum absolute atomic E-state index is 12.0. The van der Waals surface area contributed by atoms with Crippen LogP contribution >= 0.6 is 0 Å². The lowest BCUT2D eigenvalue weighted by atomic mass is 10.00. The van der Waals surface area contributed by atoms with Gasteiger partial charge in [-0.05, 0) is 31.6 Å². The zero-order valence-corrected chi connectivity index (χ0v) is 9.04. The Morgan fingerprint density at radius 2 is 1.50 bits per heavy atom. The van der Waals surface area contributed by atoms with Crippen molar-refractivity contribution >= 4 is 6.03 Å². The van der Waals surface area contributed by atoms with Gasteiger partial charge >= 0.3 is 6.03 Å². The van der Waals surface area contributed by atoms with E-state index in [0.29, 0.717) is 0 Å². The number of carbonyl (C=O) groups excluding carboxylic acids is 1. The summed E-state index contributed by atoms with van der Waals surface area (Å²) < 4.78 is 0. The van der Waals surface area contributed by atoms with E-state index < -0.39 is 0 Å². The molecule has 2 aliphatic heterocycles. The summed E-state index contributed by atoms with van der Waals surface area (Å²) >= 11 is 0. The number of rotatable bonds is 0. The van der Waals surface area contributed by atoms with Crippen LogP contribution < -0.4 is 0 Å². The smallest absolute Gasteiger partial charge is 0.319 e. The summed E-state index contributed by atoms with van der Waals surface area (Å²) in [6, 6.07) is 0.286. The molecule has 0 radical (unpaired) electrons. The van der Waals surface area contributed by atoms with Gasteiger partial charge in [-0.25, -0.2) is 4.79 Å². The van der Waals surface area contributed by atoms with E-state index in [9.17, 15) is 4.79 Å². The van der Waals surface area contributed by atoms with E-state index in [1.165, 1.54) is 25.7 Å². The van der Waals surface area contributed by atoms with Gasteiger partial charge in [0.25, 0.3) is 0 Å². The zero-order chi connectivity index (χ0) is 9.97. The fraction of sp³-hybridized carbons (Fsp3) is 0.909. The largest absolute Gasteiger partial charge is 0.325 e. The van der Waals surface area contributed by atoms with Crippen LogP contribution in [0.4, 0.5) is 4.79 Å². The monoisotopic (exact) mass is 196 g/mol. The molecule has 0 aliphatic carbocycles. The molecule has 3 heteroatoms. The third-order valence-corrected chi connectivity index (χ3v) is 3.43. The van der Waals surface area contributed by atoms with Crippen molar-refractivity contribution in [3.8, 4) is 0 Å². The Bertz CT molecular complexity index is 203. The van der Waals surface area contributed by atoms with Crippen LogP contribution in [0.2, 0.25) is 0 Å². The maximum atomic E-state index is 12.0. The van der Waals surface area contributed by atoms with Gasteiger partial charge < -0.3 is 9.80 Å². The van der Waals surface area contributed by atoms with E-state index >= 15 is 0 Å². The number of amides is 2. The SMILES string of the molecule is CC1CCN(C(=O)N2CCCC2)CC1. The molecule has 0 aromatic rings. The molecule has 0 spiro atoms. The Kier molecular flexibility index (Phi) is 2.94. The van der Waals surface area contributed by atoms with Gasteiger partial charge in [0.1, 0.15) is 0 Å². The van der Waals surface area contributed by atoms with Crippen LogP contribution in [0.15, 0.2) is 0 Å². The van der Waals surface area contributed by atoms with E-state index in [1.54, 1.807) is 0 Å². The van der Waals surface area contributed by atoms with E-state index in [0.717, 1.165) is 32.1 Å². The highest BCUT2D eigenvalue weighted by Crippen LogP contribution is 2.18. The van der Waals surface area contributed by atoms with Crippen LogP contribution in [0.25, 0.3) is 0 Å². The van der Waals surface area contributed by atoms with Gasteiger partial charge in [0.2, 0.25) is 0 Å². The standard InChI is InChI=1S/C11H20N2O/c1-10-4-8-13(9-5-10)11(14)12-6-2-3-7-12/h10H,2-9H2,1H3. The Hall–Kier alpha value is -0.730. The van der Waals surface area contributed by atoms with Crippen molar-refractivity contribution in [2.45, 2.75) is 32.6 Å². The first kappa shape index (κ1) is 9.81. The van der Waals surface area contributed by atoms with Crippen LogP contribution in [0.1, 0.15) is 32.6 Å². The average molecular weight is 196 g/mol. The van der Waals surface area contributed by atoms with Gasteiger partial charge in [-0.15, -0.1) is 0 Å². The lowest BCUT2D eigenvalue weighted by molar-refractivity contribution is 0.143. The lowest BCUT2D eigenvalue weighted by Gasteiger charge is -2.33. The summed E-state index contributed by atoms with van der Waals surface area (Å²) in [6.07, 6.45) is 4.74. The number of likely N-dealkylation sites (tertiary alicyclic amines) is 2. The molecule has 0 aromatic heterocycles. The van der Waals surface area contributed by atoms with Crippen molar-refractivity contribution in [1.82, 2.24) is 9.80 Å². The highest BCUT2D eigenvalue weighted by molar-refractivity contribution is 5.74. The van der Waals surface area contributed by atoms with Crippen molar-refractivity contribution in [3.63, 3.8) is 0 Å². The van der Waals surface area contributed by atoms with E-state index in [2.05, 4.69) is 6.92 Å². The minimum absolute atomic E-state index is 0.286. The molecule has 0 unspecified atom stereocenters. The number of urea groups is 1. The van der Waals surface area contributed by atoms with Crippen molar-refractivity contribution in [2.75, 3.05) is 26.2 Å². The summed E-state index contributed by atoms with van der Waals surface area (Å²) in [7, 11) is 0. The molecule has 80 valence electrons. The second kappa shape index (κ2) is 4.20. The summed E-state index contributed by atoms with van der Waals surface area (Å²) in [5, 5.41) is 0. The Morgan fingerprint density at radius 1 is 1.00 bits per heavy atom. The van der Waals surface area contributed by atoms with Gasteiger partial charge in [0.05, 0.1) is 0 Å². The van der Waals surface area contributed by atoms with Crippen LogP contribution in [0, 0.1) is 5.92 Å². The molecule has 0 aromatic carbocycles. The Balaban J connectivity index is 1.85. The molecule has 2 heterocycles. The number of hydrogen-bond acceptors (Lipinski definition) is 1. The second-order valence-corrected chi connectivity index (χ2v) is 4.65. The maximum Gasteiger partial charge on any atom is 0.319 e. The van der Waals surface area contributed by atoms with E-state index in [4.69, 9.17) is 0 Å². The van der Waals surface area contributed by atoms with Crippen LogP contribution in [-0.2, 0) is 0 Å². The molecule has 14 heavy (non-hydrogen) atoms. The minimum Gasteiger partial charge on any atom is -0.325 e.